The largest absolute Gasteiger partial charge is 0.444 e. The SMILES string of the molecule is CN(C)C(=O)CN=C(NCCCNC(=O)OC(C)(C)C)NCC1CCOC1.I. The minimum atomic E-state index is -0.505. The van der Waals surface area contributed by atoms with E-state index in [0.29, 0.717) is 31.4 Å². The number of carbonyl (C=O) groups excluding carboxylic acids is 2. The van der Waals surface area contributed by atoms with Crippen LogP contribution in [0.3, 0.4) is 0 Å². The molecular formula is C18H36IN5O4. The van der Waals surface area contributed by atoms with Gasteiger partial charge in [0.25, 0.3) is 0 Å². The standard InChI is InChI=1S/C18H35N5O4.HI/c1-18(2,3)27-17(25)20-9-6-8-19-16(22-12-15(24)23(4)5)21-11-14-7-10-26-13-14;/h14H,6-13H2,1-5H3,(H,20,25)(H2,19,21,22);1H. The normalized spacial score (nSPS) is 16.8. The van der Waals surface area contributed by atoms with Gasteiger partial charge in [-0.1, -0.05) is 0 Å². The lowest BCUT2D eigenvalue weighted by Gasteiger charge is -2.19. The van der Waals surface area contributed by atoms with Gasteiger partial charge in [-0.25, -0.2) is 9.79 Å². The fourth-order valence-corrected chi connectivity index (χ4v) is 2.25. The predicted molar refractivity (Wildman–Crippen MR) is 120 cm³/mol. The lowest BCUT2D eigenvalue weighted by Crippen LogP contribution is -2.42. The summed E-state index contributed by atoms with van der Waals surface area (Å²) < 4.78 is 10.6. The first-order valence-electron chi connectivity index (χ1n) is 9.44. The van der Waals surface area contributed by atoms with Gasteiger partial charge in [-0.3, -0.25) is 4.79 Å². The van der Waals surface area contributed by atoms with Gasteiger partial charge in [0, 0.05) is 46.3 Å². The highest BCUT2D eigenvalue weighted by Gasteiger charge is 2.16. The maximum Gasteiger partial charge on any atom is 0.407 e. The highest BCUT2D eigenvalue weighted by molar-refractivity contribution is 14.0. The molecular weight excluding hydrogens is 477 g/mol. The number of likely N-dealkylation sites (N-methyl/N-ethyl adjacent to an activating group) is 1. The van der Waals surface area contributed by atoms with E-state index in [4.69, 9.17) is 9.47 Å². The summed E-state index contributed by atoms with van der Waals surface area (Å²) in [6.45, 7) is 8.95. The molecule has 1 rings (SSSR count). The summed E-state index contributed by atoms with van der Waals surface area (Å²) in [4.78, 5) is 29.2. The fourth-order valence-electron chi connectivity index (χ4n) is 2.25. The Hall–Kier alpha value is -1.30. The van der Waals surface area contributed by atoms with Crippen LogP contribution in [0.15, 0.2) is 4.99 Å². The lowest BCUT2D eigenvalue weighted by atomic mass is 10.1. The van der Waals surface area contributed by atoms with Gasteiger partial charge in [-0.15, -0.1) is 24.0 Å². The first-order valence-corrected chi connectivity index (χ1v) is 9.44. The Labute approximate surface area is 185 Å². The molecule has 0 spiro atoms. The van der Waals surface area contributed by atoms with Crippen molar-refractivity contribution in [2.45, 2.75) is 39.2 Å². The molecule has 3 N–H and O–H groups in total. The topological polar surface area (TPSA) is 104 Å². The molecule has 1 aliphatic heterocycles. The first kappa shape index (κ1) is 26.7. The molecule has 1 fully saturated rings. The van der Waals surface area contributed by atoms with Gasteiger partial charge in [0.2, 0.25) is 5.91 Å². The molecule has 1 unspecified atom stereocenters. The second-order valence-electron chi connectivity index (χ2n) is 7.77. The minimum absolute atomic E-state index is 0. The third kappa shape index (κ3) is 13.0. The molecule has 2 amide bonds. The molecule has 9 nitrogen and oxygen atoms in total. The molecule has 0 aromatic carbocycles. The number of halogens is 1. The van der Waals surface area contributed by atoms with Crippen LogP contribution >= 0.6 is 24.0 Å². The van der Waals surface area contributed by atoms with Crippen LogP contribution in [-0.2, 0) is 14.3 Å². The molecule has 0 saturated carbocycles. The summed E-state index contributed by atoms with van der Waals surface area (Å²) in [6, 6.07) is 0. The zero-order valence-corrected chi connectivity index (χ0v) is 20.0. The predicted octanol–water partition coefficient (Wildman–Crippen LogP) is 1.18. The average Bonchev–Trinajstić information content (AvgIpc) is 3.07. The zero-order valence-electron chi connectivity index (χ0n) is 17.7. The summed E-state index contributed by atoms with van der Waals surface area (Å²) in [6.07, 6.45) is 1.30. The number of hydrogen-bond donors (Lipinski definition) is 3. The van der Waals surface area contributed by atoms with Gasteiger partial charge in [0.1, 0.15) is 12.1 Å². The van der Waals surface area contributed by atoms with Crippen molar-refractivity contribution < 1.29 is 19.1 Å². The summed E-state index contributed by atoms with van der Waals surface area (Å²) in [7, 11) is 3.41. The summed E-state index contributed by atoms with van der Waals surface area (Å²) in [5.41, 5.74) is -0.505. The van der Waals surface area contributed by atoms with Crippen molar-refractivity contribution in [3.8, 4) is 0 Å². The molecule has 1 saturated heterocycles. The van der Waals surface area contributed by atoms with E-state index in [1.54, 1.807) is 14.1 Å². The van der Waals surface area contributed by atoms with Gasteiger partial charge >= 0.3 is 6.09 Å². The van der Waals surface area contributed by atoms with Crippen LogP contribution in [0.1, 0.15) is 33.6 Å². The molecule has 1 aliphatic rings. The van der Waals surface area contributed by atoms with Gasteiger partial charge in [-0.05, 0) is 33.6 Å². The second kappa shape index (κ2) is 13.8. The van der Waals surface area contributed by atoms with Crippen molar-refractivity contribution in [1.29, 1.82) is 0 Å². The van der Waals surface area contributed by atoms with Crippen molar-refractivity contribution >= 4 is 41.9 Å². The molecule has 164 valence electrons. The number of nitrogens with zero attached hydrogens (tertiary/aromatic N) is 2. The smallest absolute Gasteiger partial charge is 0.407 e. The number of alkyl carbamates (subject to hydrolysis) is 1. The van der Waals surface area contributed by atoms with Crippen LogP contribution in [0, 0.1) is 5.92 Å². The number of ether oxygens (including phenoxy) is 2. The van der Waals surface area contributed by atoms with E-state index in [1.165, 1.54) is 4.90 Å². The van der Waals surface area contributed by atoms with Crippen molar-refractivity contribution in [2.24, 2.45) is 10.9 Å². The number of amides is 2. The van der Waals surface area contributed by atoms with E-state index >= 15 is 0 Å². The van der Waals surface area contributed by atoms with Crippen LogP contribution < -0.4 is 16.0 Å². The summed E-state index contributed by atoms with van der Waals surface area (Å²) in [5, 5.41) is 9.17. The molecule has 0 aromatic rings. The van der Waals surface area contributed by atoms with Crippen molar-refractivity contribution in [3.63, 3.8) is 0 Å². The van der Waals surface area contributed by atoms with E-state index in [-0.39, 0.29) is 36.4 Å². The molecule has 28 heavy (non-hydrogen) atoms. The van der Waals surface area contributed by atoms with E-state index in [2.05, 4.69) is 20.9 Å². The van der Waals surface area contributed by atoms with E-state index in [0.717, 1.165) is 26.2 Å². The molecule has 10 heteroatoms. The van der Waals surface area contributed by atoms with Crippen LogP contribution in [0.2, 0.25) is 0 Å². The molecule has 0 aliphatic carbocycles. The Morgan fingerprint density at radius 3 is 2.43 bits per heavy atom. The van der Waals surface area contributed by atoms with Crippen LogP contribution in [-0.4, -0.2) is 81.9 Å². The van der Waals surface area contributed by atoms with Gasteiger partial charge < -0.3 is 30.3 Å². The fraction of sp³-hybridized carbons (Fsp3) is 0.833. The maximum absolute atomic E-state index is 11.8. The first-order chi connectivity index (χ1) is 12.7. The molecule has 0 aromatic heterocycles. The van der Waals surface area contributed by atoms with Crippen LogP contribution in [0.4, 0.5) is 4.79 Å². The Bertz CT molecular complexity index is 503. The average molecular weight is 513 g/mol. The third-order valence-electron chi connectivity index (χ3n) is 3.77. The highest BCUT2D eigenvalue weighted by atomic mass is 127. The Morgan fingerprint density at radius 1 is 1.18 bits per heavy atom. The number of nitrogens with one attached hydrogen (secondary N) is 3. The maximum atomic E-state index is 11.8. The van der Waals surface area contributed by atoms with Crippen molar-refractivity contribution in [3.05, 3.63) is 0 Å². The number of carbonyl (C=O) groups is 2. The molecule has 1 heterocycles. The van der Waals surface area contributed by atoms with Gasteiger partial charge in [0.15, 0.2) is 5.96 Å². The van der Waals surface area contributed by atoms with E-state index in [9.17, 15) is 9.59 Å². The number of guanidine groups is 1. The Morgan fingerprint density at radius 2 is 1.86 bits per heavy atom. The van der Waals surface area contributed by atoms with Crippen LogP contribution in [0.25, 0.3) is 0 Å². The molecule has 1 atom stereocenters. The summed E-state index contributed by atoms with van der Waals surface area (Å²) in [5.74, 6) is 0.983. The van der Waals surface area contributed by atoms with Crippen LogP contribution in [0.5, 0.6) is 0 Å². The van der Waals surface area contributed by atoms with Gasteiger partial charge in [0.05, 0.1) is 6.61 Å². The third-order valence-corrected chi connectivity index (χ3v) is 3.77. The highest BCUT2D eigenvalue weighted by Crippen LogP contribution is 2.10. The Balaban J connectivity index is 0.00000729. The molecule has 0 radical (unpaired) electrons. The number of rotatable bonds is 8. The summed E-state index contributed by atoms with van der Waals surface area (Å²) >= 11 is 0. The monoisotopic (exact) mass is 513 g/mol. The number of hydrogen-bond acceptors (Lipinski definition) is 5. The second-order valence-corrected chi connectivity index (χ2v) is 7.77. The minimum Gasteiger partial charge on any atom is -0.444 e. The quantitative estimate of drug-likeness (QED) is 0.195. The zero-order chi connectivity index (χ0) is 20.3. The Kier molecular flexibility index (Phi) is 13.2. The number of aliphatic imine (C=N–C) groups is 1. The van der Waals surface area contributed by atoms with E-state index < -0.39 is 11.7 Å². The van der Waals surface area contributed by atoms with E-state index in [1.807, 2.05) is 20.8 Å². The van der Waals surface area contributed by atoms with Crippen molar-refractivity contribution in [1.82, 2.24) is 20.9 Å². The molecule has 0 bridgehead atoms. The van der Waals surface area contributed by atoms with Crippen molar-refractivity contribution in [2.75, 3.05) is 53.5 Å². The van der Waals surface area contributed by atoms with Gasteiger partial charge in [-0.2, -0.15) is 0 Å². The lowest BCUT2D eigenvalue weighted by molar-refractivity contribution is -0.127.